The molecule has 0 saturated heterocycles. The number of nitrogens with one attached hydrogen (secondary N) is 3. The van der Waals surface area contributed by atoms with Gasteiger partial charge in [0, 0.05) is 13.0 Å². The number of aromatic nitrogens is 4. The molecule has 36 heavy (non-hydrogen) atoms. The molecule has 0 atom stereocenters. The smallest absolute Gasteiger partial charge is 0.230 e. The Bertz CT molecular complexity index is 1350. The molecule has 0 unspecified atom stereocenters. The van der Waals surface area contributed by atoms with Gasteiger partial charge >= 0.3 is 0 Å². The number of anilines is 2. The van der Waals surface area contributed by atoms with E-state index in [0.717, 1.165) is 10.6 Å². The van der Waals surface area contributed by atoms with Gasteiger partial charge in [-0.2, -0.15) is 0 Å². The monoisotopic (exact) mass is 574 g/mol. The molecule has 2 aromatic heterocycles. The maximum Gasteiger partial charge on any atom is 0.230 e. The minimum absolute atomic E-state index is 0.0303. The van der Waals surface area contributed by atoms with E-state index in [2.05, 4.69) is 52.1 Å². The average molecular weight is 575 g/mol. The van der Waals surface area contributed by atoms with Gasteiger partial charge in [0.05, 0.1) is 16.6 Å². The number of hydroxylamine groups is 1. The maximum atomic E-state index is 13.5. The molecule has 4 N–H and O–H groups in total. The largest absolute Gasteiger partial charge is 0.365 e. The number of halogens is 2. The molecular formula is C22H20BrFN8O3S. The Labute approximate surface area is 216 Å². The molecule has 14 heteroatoms. The van der Waals surface area contributed by atoms with E-state index in [0.29, 0.717) is 30.2 Å². The molecule has 11 nitrogen and oxygen atoms in total. The topological polar surface area (TPSA) is 150 Å². The van der Waals surface area contributed by atoms with Crippen LogP contribution in [0.2, 0.25) is 0 Å². The van der Waals surface area contributed by atoms with Crippen molar-refractivity contribution in [1.82, 2.24) is 26.0 Å². The third kappa shape index (κ3) is 6.90. The number of carbonyl (C=O) groups excluding carboxylic acids is 1. The van der Waals surface area contributed by atoms with Crippen molar-refractivity contribution in [2.24, 2.45) is 4.99 Å². The summed E-state index contributed by atoms with van der Waals surface area (Å²) in [7, 11) is 0. The molecule has 0 spiro atoms. The van der Waals surface area contributed by atoms with Crippen molar-refractivity contribution in [3.8, 4) is 0 Å². The lowest BCUT2D eigenvalue weighted by Gasteiger charge is -2.05. The third-order valence-corrected chi connectivity index (χ3v) is 6.25. The summed E-state index contributed by atoms with van der Waals surface area (Å²) < 4.78 is 18.5. The fourth-order valence-electron chi connectivity index (χ4n) is 3.07. The zero-order chi connectivity index (χ0) is 25.3. The Morgan fingerprint density at radius 2 is 2.00 bits per heavy atom. The highest BCUT2D eigenvalue weighted by molar-refractivity contribution is 9.10. The first-order chi connectivity index (χ1) is 17.5. The summed E-state index contributed by atoms with van der Waals surface area (Å²) >= 11 is 4.41. The standard InChI is InChI=1S/C22H20BrFN8O3S/c23-15-12-14(8-9-16(15)24)26-21(30-34)19-20(32-35-31-19)25-10-4-7-18-28-29-22(36-18)27-17(33)11-13-5-2-1-3-6-13/h1-3,5-6,8-9,12,34H,4,7,10-11H2,(H,25,32)(H,26,30)(H,27,29,33). The highest BCUT2D eigenvalue weighted by Gasteiger charge is 2.17. The fraction of sp³-hybridized carbons (Fsp3) is 0.182. The van der Waals surface area contributed by atoms with Crippen LogP contribution in [0.5, 0.6) is 0 Å². The second-order valence-electron chi connectivity index (χ2n) is 7.37. The van der Waals surface area contributed by atoms with Crippen LogP contribution in [0.1, 0.15) is 22.7 Å². The molecule has 0 aliphatic heterocycles. The second-order valence-corrected chi connectivity index (χ2v) is 9.29. The molecule has 0 aliphatic carbocycles. The van der Waals surface area contributed by atoms with E-state index in [1.54, 1.807) is 0 Å². The lowest BCUT2D eigenvalue weighted by Crippen LogP contribution is -2.22. The number of benzene rings is 2. The van der Waals surface area contributed by atoms with Crippen LogP contribution in [0, 0.1) is 5.82 Å². The summed E-state index contributed by atoms with van der Waals surface area (Å²) in [6, 6.07) is 13.6. The van der Waals surface area contributed by atoms with Gasteiger partial charge in [0.15, 0.2) is 11.5 Å². The molecule has 0 radical (unpaired) electrons. The molecule has 0 fully saturated rings. The summed E-state index contributed by atoms with van der Waals surface area (Å²) in [5, 5.41) is 32.3. The van der Waals surface area contributed by atoms with Crippen molar-refractivity contribution < 1.29 is 19.0 Å². The number of nitrogens with zero attached hydrogens (tertiary/aromatic N) is 5. The predicted octanol–water partition coefficient (Wildman–Crippen LogP) is 4.11. The predicted molar refractivity (Wildman–Crippen MR) is 135 cm³/mol. The van der Waals surface area contributed by atoms with Gasteiger partial charge in [-0.05, 0) is 56.4 Å². The van der Waals surface area contributed by atoms with E-state index < -0.39 is 5.82 Å². The summed E-state index contributed by atoms with van der Waals surface area (Å²) in [6.45, 7) is 0.483. The highest BCUT2D eigenvalue weighted by atomic mass is 79.9. The average Bonchev–Trinajstić information content (AvgIpc) is 3.52. The molecule has 1 amide bonds. The van der Waals surface area contributed by atoms with Crippen LogP contribution in [0.25, 0.3) is 0 Å². The SMILES string of the molecule is O=C(Cc1ccccc1)Nc1nnc(CCCNc2nonc2C(=Nc2ccc(F)c(Br)c2)NO)s1. The second kappa shape index (κ2) is 12.3. The molecule has 4 rings (SSSR count). The van der Waals surface area contributed by atoms with Crippen LogP contribution in [0.15, 0.2) is 62.6 Å². The van der Waals surface area contributed by atoms with E-state index in [1.807, 2.05) is 35.8 Å². The third-order valence-electron chi connectivity index (χ3n) is 4.74. The first kappa shape index (κ1) is 25.3. The van der Waals surface area contributed by atoms with Crippen LogP contribution in [0.4, 0.5) is 21.0 Å². The van der Waals surface area contributed by atoms with E-state index >= 15 is 0 Å². The summed E-state index contributed by atoms with van der Waals surface area (Å²) in [5.41, 5.74) is 3.41. The molecule has 0 bridgehead atoms. The van der Waals surface area contributed by atoms with Gasteiger partial charge in [0.1, 0.15) is 10.8 Å². The minimum atomic E-state index is -0.435. The van der Waals surface area contributed by atoms with E-state index in [4.69, 9.17) is 4.63 Å². The van der Waals surface area contributed by atoms with Crippen LogP contribution in [-0.2, 0) is 17.6 Å². The lowest BCUT2D eigenvalue weighted by atomic mass is 10.1. The van der Waals surface area contributed by atoms with Gasteiger partial charge in [0.2, 0.25) is 16.9 Å². The Morgan fingerprint density at radius 1 is 1.17 bits per heavy atom. The number of amidine groups is 1. The highest BCUT2D eigenvalue weighted by Crippen LogP contribution is 2.23. The number of amides is 1. The van der Waals surface area contributed by atoms with Crippen molar-refractivity contribution in [2.75, 3.05) is 17.2 Å². The number of hydrogen-bond acceptors (Lipinski definition) is 10. The Kier molecular flexibility index (Phi) is 8.65. The van der Waals surface area contributed by atoms with E-state index in [9.17, 15) is 14.4 Å². The minimum Gasteiger partial charge on any atom is -0.365 e. The van der Waals surface area contributed by atoms with Crippen molar-refractivity contribution in [3.63, 3.8) is 0 Å². The van der Waals surface area contributed by atoms with Crippen LogP contribution in [-0.4, -0.2) is 44.0 Å². The molecule has 2 heterocycles. The lowest BCUT2D eigenvalue weighted by molar-refractivity contribution is -0.115. The van der Waals surface area contributed by atoms with Crippen molar-refractivity contribution in [2.45, 2.75) is 19.3 Å². The number of aryl methyl sites for hydroxylation is 1. The number of rotatable bonds is 10. The van der Waals surface area contributed by atoms with Gasteiger partial charge in [0.25, 0.3) is 0 Å². The zero-order valence-electron chi connectivity index (χ0n) is 18.6. The van der Waals surface area contributed by atoms with Gasteiger partial charge in [-0.25, -0.2) is 14.0 Å². The van der Waals surface area contributed by atoms with Crippen molar-refractivity contribution >= 4 is 55.6 Å². The first-order valence-corrected chi connectivity index (χ1v) is 12.3. The molecule has 4 aromatic rings. The Morgan fingerprint density at radius 3 is 2.78 bits per heavy atom. The molecule has 2 aromatic carbocycles. The van der Waals surface area contributed by atoms with Crippen LogP contribution in [0.3, 0.4) is 0 Å². The Hall–Kier alpha value is -3.75. The van der Waals surface area contributed by atoms with Crippen LogP contribution < -0.4 is 16.1 Å². The molecular weight excluding hydrogens is 555 g/mol. The quantitative estimate of drug-likeness (QED) is 0.0948. The summed E-state index contributed by atoms with van der Waals surface area (Å²) in [4.78, 5) is 16.4. The van der Waals surface area contributed by atoms with Gasteiger partial charge < -0.3 is 10.6 Å². The van der Waals surface area contributed by atoms with Gasteiger partial charge in [-0.15, -0.1) is 10.2 Å². The van der Waals surface area contributed by atoms with Crippen molar-refractivity contribution in [1.29, 1.82) is 0 Å². The zero-order valence-corrected chi connectivity index (χ0v) is 21.0. The molecule has 0 saturated carbocycles. The molecule has 0 aliphatic rings. The number of carbonyl (C=O) groups is 1. The molecule has 186 valence electrons. The van der Waals surface area contributed by atoms with E-state index in [-0.39, 0.29) is 34.1 Å². The normalized spacial score (nSPS) is 11.4. The number of hydrogen-bond donors (Lipinski definition) is 4. The summed E-state index contributed by atoms with van der Waals surface area (Å²) in [6.07, 6.45) is 1.55. The van der Waals surface area contributed by atoms with Crippen molar-refractivity contribution in [3.05, 3.63) is 75.1 Å². The Balaban J connectivity index is 1.28. The van der Waals surface area contributed by atoms with Crippen LogP contribution >= 0.6 is 27.3 Å². The van der Waals surface area contributed by atoms with Gasteiger partial charge in [-0.3, -0.25) is 15.5 Å². The first-order valence-electron chi connectivity index (χ1n) is 10.7. The maximum absolute atomic E-state index is 13.5. The van der Waals surface area contributed by atoms with Gasteiger partial charge in [-0.1, -0.05) is 41.7 Å². The fourth-order valence-corrected chi connectivity index (χ4v) is 4.24. The summed E-state index contributed by atoms with van der Waals surface area (Å²) in [5.74, 6) is -0.352. The van der Waals surface area contributed by atoms with E-state index in [1.165, 1.54) is 29.5 Å². The number of aliphatic imine (C=N–C) groups is 1.